The average molecular weight is 816 g/mol. The molecule has 0 radical (unpaired) electrons. The molecule has 0 aliphatic carbocycles. The number of furan rings is 1. The van der Waals surface area contributed by atoms with E-state index in [2.05, 4.69) is 248 Å². The van der Waals surface area contributed by atoms with Gasteiger partial charge in [-0.3, -0.25) is 0 Å². The summed E-state index contributed by atoms with van der Waals surface area (Å²) in [6.45, 7) is 0. The maximum Gasteiger partial charge on any atom is 0.159 e. The molecule has 2 nitrogen and oxygen atoms in total. The molecule has 0 amide bonds. The summed E-state index contributed by atoms with van der Waals surface area (Å²) in [5, 5.41) is 7.17. The molecule has 2 heteroatoms. The number of nitrogens with zero attached hydrogens (tertiary/aromatic N) is 1. The Balaban J connectivity index is 1.06. The molecular weight excluding hydrogens is 775 g/mol. The Kier molecular flexibility index (Phi) is 9.20. The number of anilines is 3. The van der Waals surface area contributed by atoms with E-state index in [4.69, 9.17) is 4.42 Å². The van der Waals surface area contributed by atoms with Crippen LogP contribution >= 0.6 is 0 Å². The molecule has 11 aromatic carbocycles. The SMILES string of the molecule is c1ccc(-c2ccc(N(c3ccc(-c4ccc5c(c4)c(-c4ccccc4)c(-c4ccccc4)c4ccccc45)cc3)c3cccc4c3oc3ccccc34)c(-c3ccccc3)c2)cc1. The fraction of sp³-hybridized carbons (Fsp3) is 0. The summed E-state index contributed by atoms with van der Waals surface area (Å²) in [5.41, 5.74) is 16.6. The van der Waals surface area contributed by atoms with Gasteiger partial charge in [0.25, 0.3) is 0 Å². The summed E-state index contributed by atoms with van der Waals surface area (Å²) in [4.78, 5) is 2.37. The van der Waals surface area contributed by atoms with Crippen LogP contribution in [0.1, 0.15) is 0 Å². The molecule has 0 aliphatic heterocycles. The first kappa shape index (κ1) is 37.3. The van der Waals surface area contributed by atoms with Gasteiger partial charge in [-0.25, -0.2) is 0 Å². The van der Waals surface area contributed by atoms with Crippen LogP contribution in [0.5, 0.6) is 0 Å². The van der Waals surface area contributed by atoms with E-state index >= 15 is 0 Å². The first-order valence-corrected chi connectivity index (χ1v) is 21.9. The monoisotopic (exact) mass is 815 g/mol. The molecule has 1 heterocycles. The van der Waals surface area contributed by atoms with Crippen LogP contribution in [0.15, 0.2) is 253 Å². The molecule has 0 fully saturated rings. The van der Waals surface area contributed by atoms with Gasteiger partial charge in [0.2, 0.25) is 0 Å². The summed E-state index contributed by atoms with van der Waals surface area (Å²) in [6.07, 6.45) is 0. The Morgan fingerprint density at radius 2 is 0.750 bits per heavy atom. The van der Waals surface area contributed by atoms with Gasteiger partial charge in [-0.05, 0) is 114 Å². The van der Waals surface area contributed by atoms with Gasteiger partial charge in [0.15, 0.2) is 5.58 Å². The highest BCUT2D eigenvalue weighted by molar-refractivity contribution is 6.22. The van der Waals surface area contributed by atoms with E-state index in [9.17, 15) is 0 Å². The number of para-hydroxylation sites is 2. The lowest BCUT2D eigenvalue weighted by Crippen LogP contribution is -2.11. The average Bonchev–Trinajstić information content (AvgIpc) is 3.77. The Hall–Kier alpha value is -8.46. The third-order valence-electron chi connectivity index (χ3n) is 12.7. The quantitative estimate of drug-likeness (QED) is 0.142. The van der Waals surface area contributed by atoms with Crippen LogP contribution in [0.25, 0.3) is 99.1 Å². The molecule has 0 saturated carbocycles. The lowest BCUT2D eigenvalue weighted by atomic mass is 9.84. The Morgan fingerprint density at radius 1 is 0.266 bits per heavy atom. The van der Waals surface area contributed by atoms with E-state index in [0.29, 0.717) is 0 Å². The van der Waals surface area contributed by atoms with Crippen molar-refractivity contribution in [3.63, 3.8) is 0 Å². The van der Waals surface area contributed by atoms with Crippen LogP contribution in [-0.4, -0.2) is 0 Å². The summed E-state index contributed by atoms with van der Waals surface area (Å²) >= 11 is 0. The molecule has 12 rings (SSSR count). The second-order valence-corrected chi connectivity index (χ2v) is 16.4. The molecule has 12 aromatic rings. The van der Waals surface area contributed by atoms with Crippen molar-refractivity contribution >= 4 is 60.5 Å². The van der Waals surface area contributed by atoms with E-state index < -0.39 is 0 Å². The third kappa shape index (κ3) is 6.44. The smallest absolute Gasteiger partial charge is 0.159 e. The minimum absolute atomic E-state index is 0.850. The highest BCUT2D eigenvalue weighted by Crippen LogP contribution is 2.48. The fourth-order valence-electron chi connectivity index (χ4n) is 9.69. The first-order valence-electron chi connectivity index (χ1n) is 21.9. The van der Waals surface area contributed by atoms with Crippen LogP contribution in [0.2, 0.25) is 0 Å². The molecule has 300 valence electrons. The van der Waals surface area contributed by atoms with Crippen molar-refractivity contribution in [2.45, 2.75) is 0 Å². The number of rotatable bonds is 8. The molecule has 0 aliphatic rings. The highest BCUT2D eigenvalue weighted by atomic mass is 16.3. The van der Waals surface area contributed by atoms with Gasteiger partial charge in [-0.2, -0.15) is 0 Å². The maximum atomic E-state index is 6.76. The second kappa shape index (κ2) is 15.8. The fourth-order valence-corrected chi connectivity index (χ4v) is 9.69. The highest BCUT2D eigenvalue weighted by Gasteiger charge is 2.23. The molecule has 0 N–H and O–H groups in total. The maximum absolute atomic E-state index is 6.76. The van der Waals surface area contributed by atoms with E-state index in [1.54, 1.807) is 0 Å². The standard InChI is InChI=1S/C62H41NO/c1-5-18-42(19-6-1)48-35-39-57(55(40-48)44-20-7-2-8-21-44)63(58-30-17-29-54-52-27-15-16-31-59(52)64-62(54)58)49-36-32-43(33-37-49)47-34-38-51-50-26-13-14-28-53(50)60(45-22-9-3-10-23-45)61(56(51)41-47)46-24-11-4-12-25-46/h1-41H. The molecule has 0 unspecified atom stereocenters. The van der Waals surface area contributed by atoms with E-state index in [1.807, 2.05) is 6.07 Å². The number of fused-ring (bicyclic) bond motifs is 6. The van der Waals surface area contributed by atoms with Gasteiger partial charge < -0.3 is 9.32 Å². The van der Waals surface area contributed by atoms with Crippen molar-refractivity contribution in [3.05, 3.63) is 249 Å². The summed E-state index contributed by atoms with van der Waals surface area (Å²) < 4.78 is 6.76. The van der Waals surface area contributed by atoms with Gasteiger partial charge in [0.05, 0.1) is 11.4 Å². The predicted octanol–water partition coefficient (Wildman–Crippen LogP) is 17.7. The Morgan fingerprint density at radius 3 is 1.44 bits per heavy atom. The van der Waals surface area contributed by atoms with Gasteiger partial charge in [0, 0.05) is 22.0 Å². The van der Waals surface area contributed by atoms with Crippen molar-refractivity contribution in [1.82, 2.24) is 0 Å². The van der Waals surface area contributed by atoms with E-state index in [1.165, 1.54) is 49.4 Å². The van der Waals surface area contributed by atoms with Crippen molar-refractivity contribution in [2.75, 3.05) is 4.90 Å². The summed E-state index contributed by atoms with van der Waals surface area (Å²) in [5.74, 6) is 0. The molecular formula is C62H41NO. The predicted molar refractivity (Wildman–Crippen MR) is 271 cm³/mol. The molecule has 1 aromatic heterocycles. The van der Waals surface area contributed by atoms with Crippen molar-refractivity contribution in [1.29, 1.82) is 0 Å². The van der Waals surface area contributed by atoms with Gasteiger partial charge in [0.1, 0.15) is 5.58 Å². The van der Waals surface area contributed by atoms with Crippen LogP contribution in [-0.2, 0) is 0 Å². The zero-order valence-electron chi connectivity index (χ0n) is 35.0. The van der Waals surface area contributed by atoms with Crippen molar-refractivity contribution in [3.8, 4) is 55.6 Å². The van der Waals surface area contributed by atoms with Gasteiger partial charge in [-0.1, -0.05) is 206 Å². The summed E-state index contributed by atoms with van der Waals surface area (Å²) in [6, 6.07) is 89.6. The molecule has 0 atom stereocenters. The van der Waals surface area contributed by atoms with Crippen molar-refractivity contribution in [2.24, 2.45) is 0 Å². The minimum atomic E-state index is 0.850. The van der Waals surface area contributed by atoms with E-state index in [0.717, 1.165) is 66.8 Å². The van der Waals surface area contributed by atoms with Crippen molar-refractivity contribution < 1.29 is 4.42 Å². The van der Waals surface area contributed by atoms with E-state index in [-0.39, 0.29) is 0 Å². The lowest BCUT2D eigenvalue weighted by Gasteiger charge is -2.28. The third-order valence-corrected chi connectivity index (χ3v) is 12.7. The minimum Gasteiger partial charge on any atom is -0.454 e. The zero-order chi connectivity index (χ0) is 42.4. The normalized spacial score (nSPS) is 11.4. The first-order chi connectivity index (χ1) is 31.8. The largest absolute Gasteiger partial charge is 0.454 e. The molecule has 0 bridgehead atoms. The van der Waals surface area contributed by atoms with Crippen LogP contribution in [0.4, 0.5) is 17.1 Å². The van der Waals surface area contributed by atoms with Crippen LogP contribution in [0.3, 0.4) is 0 Å². The molecule has 64 heavy (non-hydrogen) atoms. The topological polar surface area (TPSA) is 16.4 Å². The Bertz CT molecular complexity index is 3630. The van der Waals surface area contributed by atoms with Crippen LogP contribution < -0.4 is 4.90 Å². The molecule has 0 saturated heterocycles. The Labute approximate surface area is 372 Å². The van der Waals surface area contributed by atoms with Gasteiger partial charge >= 0.3 is 0 Å². The number of hydrogen-bond donors (Lipinski definition) is 0. The number of benzene rings is 11. The zero-order valence-corrected chi connectivity index (χ0v) is 35.0. The second-order valence-electron chi connectivity index (χ2n) is 16.4. The molecule has 0 spiro atoms. The summed E-state index contributed by atoms with van der Waals surface area (Å²) in [7, 11) is 0. The lowest BCUT2D eigenvalue weighted by molar-refractivity contribution is 0.669. The van der Waals surface area contributed by atoms with Gasteiger partial charge in [-0.15, -0.1) is 0 Å². The van der Waals surface area contributed by atoms with Crippen LogP contribution in [0, 0.1) is 0 Å². The number of hydrogen-bond acceptors (Lipinski definition) is 2.